The molecular formula is C38H41F2N7O5. The summed E-state index contributed by atoms with van der Waals surface area (Å²) in [7, 11) is 4.75. The molecule has 2 unspecified atom stereocenters. The van der Waals surface area contributed by atoms with Crippen LogP contribution in [0.3, 0.4) is 0 Å². The molecule has 1 amide bonds. The maximum atomic E-state index is 17.2. The van der Waals surface area contributed by atoms with Gasteiger partial charge in [0.25, 0.3) is 0 Å². The molecule has 14 heteroatoms. The molecule has 0 radical (unpaired) electrons. The van der Waals surface area contributed by atoms with Gasteiger partial charge in [-0.3, -0.25) is 4.90 Å². The SMILES string of the molecule is C#Cc1c(F)ccc2cc(O)cc(-c3nc(OC)c4c(N5CC6CCC(C5)N6)nc(OC[C@]56CCCN5[C@H](COC(=O)N(C)C)CC6)nc4c3F)c12. The van der Waals surface area contributed by atoms with Gasteiger partial charge in [0.2, 0.25) is 5.88 Å². The number of rotatable bonds is 8. The molecular weight excluding hydrogens is 672 g/mol. The Bertz CT molecular complexity index is 2110. The van der Waals surface area contributed by atoms with Crippen LogP contribution in [0.25, 0.3) is 32.9 Å². The Morgan fingerprint density at radius 3 is 2.63 bits per heavy atom. The minimum atomic E-state index is -0.814. The lowest BCUT2D eigenvalue weighted by atomic mass is 9.95. The number of amides is 1. The van der Waals surface area contributed by atoms with E-state index in [1.807, 2.05) is 0 Å². The Balaban J connectivity index is 1.23. The van der Waals surface area contributed by atoms with Crippen LogP contribution in [0.15, 0.2) is 24.3 Å². The number of benzene rings is 2. The average Bonchev–Trinajstić information content (AvgIpc) is 3.82. The quantitative estimate of drug-likeness (QED) is 0.244. The van der Waals surface area contributed by atoms with Crippen LogP contribution < -0.4 is 19.7 Å². The molecule has 4 saturated heterocycles. The molecule has 52 heavy (non-hydrogen) atoms. The number of ether oxygens (including phenoxy) is 3. The van der Waals surface area contributed by atoms with Crippen LogP contribution in [0.1, 0.15) is 44.1 Å². The summed E-state index contributed by atoms with van der Waals surface area (Å²) in [5.41, 5.74) is -0.588. The number of nitrogens with one attached hydrogen (secondary N) is 1. The van der Waals surface area contributed by atoms with Crippen molar-refractivity contribution in [3.63, 3.8) is 0 Å². The van der Waals surface area contributed by atoms with E-state index in [1.54, 1.807) is 14.1 Å². The number of phenolic OH excluding ortho intramolecular Hbond substituents is 1. The summed E-state index contributed by atoms with van der Waals surface area (Å²) < 4.78 is 50.0. The molecule has 2 bridgehead atoms. The van der Waals surface area contributed by atoms with Crippen molar-refractivity contribution < 1.29 is 32.9 Å². The van der Waals surface area contributed by atoms with Crippen molar-refractivity contribution in [3.05, 3.63) is 41.5 Å². The molecule has 0 aliphatic carbocycles. The van der Waals surface area contributed by atoms with E-state index >= 15 is 8.78 Å². The number of halogens is 2. The number of aromatic hydroxyl groups is 1. The highest BCUT2D eigenvalue weighted by atomic mass is 19.1. The van der Waals surface area contributed by atoms with Gasteiger partial charge in [-0.1, -0.05) is 12.0 Å². The molecule has 4 atom stereocenters. The molecule has 4 aromatic rings. The highest BCUT2D eigenvalue weighted by Gasteiger charge is 2.50. The third kappa shape index (κ3) is 5.76. The summed E-state index contributed by atoms with van der Waals surface area (Å²) in [6.07, 6.45) is 10.9. The van der Waals surface area contributed by atoms with Gasteiger partial charge in [0.1, 0.15) is 47.2 Å². The van der Waals surface area contributed by atoms with Gasteiger partial charge in [0, 0.05) is 56.3 Å². The van der Waals surface area contributed by atoms with Crippen molar-refractivity contribution in [2.24, 2.45) is 0 Å². The molecule has 4 fully saturated rings. The largest absolute Gasteiger partial charge is 0.508 e. The molecule has 4 aliphatic rings. The lowest BCUT2D eigenvalue weighted by Gasteiger charge is -2.35. The van der Waals surface area contributed by atoms with Gasteiger partial charge in [-0.25, -0.2) is 18.6 Å². The maximum absolute atomic E-state index is 17.2. The number of fused-ring (bicyclic) bond motifs is 5. The third-order valence-corrected chi connectivity index (χ3v) is 11.1. The third-order valence-electron chi connectivity index (χ3n) is 11.1. The summed E-state index contributed by atoms with van der Waals surface area (Å²) in [4.78, 5) is 32.3. The number of hydrogen-bond acceptors (Lipinski definition) is 11. The van der Waals surface area contributed by atoms with Gasteiger partial charge >= 0.3 is 12.1 Å². The summed E-state index contributed by atoms with van der Waals surface area (Å²) in [6, 6.07) is 5.99. The number of piperazine rings is 1. The lowest BCUT2D eigenvalue weighted by molar-refractivity contribution is 0.0484. The number of phenols is 1. The van der Waals surface area contributed by atoms with Crippen LogP contribution in [0.4, 0.5) is 19.4 Å². The Kier molecular flexibility index (Phi) is 8.66. The minimum Gasteiger partial charge on any atom is -0.508 e. The standard InChI is InChI=1S/C38H41F2N7O5/c1-5-26-28(39)10-7-21-15-25(48)16-27(29(21)26)32-31(40)33-30(35(42-32)50-4)34(46-17-22-8-9-23(18-46)41-22)44-36(43-33)52-20-38-12-6-14-47(38)24(11-13-38)19-51-37(49)45(2)3/h1,7,10,15-16,22-24,41,48H,6,8-9,11-14,17-20H2,2-4H3/t22?,23?,24-,38+/m0/s1. The monoisotopic (exact) mass is 713 g/mol. The molecule has 2 aromatic heterocycles. The first-order valence-electron chi connectivity index (χ1n) is 17.7. The van der Waals surface area contributed by atoms with E-state index in [0.717, 1.165) is 45.1 Å². The van der Waals surface area contributed by atoms with Crippen molar-refractivity contribution in [2.45, 2.75) is 62.2 Å². The number of methoxy groups -OCH3 is 1. The fourth-order valence-electron chi connectivity index (χ4n) is 8.73. The number of anilines is 1. The smallest absolute Gasteiger partial charge is 0.409 e. The second-order valence-electron chi connectivity index (χ2n) is 14.5. The Morgan fingerprint density at radius 1 is 1.12 bits per heavy atom. The number of carbonyl (C=O) groups excluding carboxylic acids is 1. The minimum absolute atomic E-state index is 0.00585. The zero-order valence-corrected chi connectivity index (χ0v) is 29.4. The number of hydrogen-bond donors (Lipinski definition) is 2. The van der Waals surface area contributed by atoms with Gasteiger partial charge in [-0.05, 0) is 68.7 Å². The normalized spacial score (nSPS) is 23.9. The predicted octanol–water partition coefficient (Wildman–Crippen LogP) is 4.83. The summed E-state index contributed by atoms with van der Waals surface area (Å²) in [6.45, 7) is 2.68. The Labute approximate surface area is 300 Å². The van der Waals surface area contributed by atoms with Crippen LogP contribution in [-0.4, -0.2) is 114 Å². The number of terminal acetylenes is 1. The maximum Gasteiger partial charge on any atom is 0.409 e. The number of pyridine rings is 1. The molecule has 0 spiro atoms. The summed E-state index contributed by atoms with van der Waals surface area (Å²) in [5.74, 6) is 1.26. The first-order chi connectivity index (χ1) is 25.1. The van der Waals surface area contributed by atoms with Crippen molar-refractivity contribution in [3.8, 4) is 41.2 Å². The summed E-state index contributed by atoms with van der Waals surface area (Å²) >= 11 is 0. The Hall–Kier alpha value is -5.00. The fourth-order valence-corrected chi connectivity index (χ4v) is 8.73. The highest BCUT2D eigenvalue weighted by molar-refractivity contribution is 6.04. The van der Waals surface area contributed by atoms with Crippen LogP contribution >= 0.6 is 0 Å². The van der Waals surface area contributed by atoms with E-state index in [0.29, 0.717) is 24.3 Å². The van der Waals surface area contributed by atoms with Gasteiger partial charge in [0.15, 0.2) is 5.82 Å². The molecule has 0 saturated carbocycles. The van der Waals surface area contributed by atoms with Gasteiger partial charge in [-0.15, -0.1) is 6.42 Å². The van der Waals surface area contributed by atoms with Crippen LogP contribution in [0, 0.1) is 24.0 Å². The summed E-state index contributed by atoms with van der Waals surface area (Å²) in [5, 5.41) is 15.2. The zero-order valence-electron chi connectivity index (χ0n) is 29.4. The highest BCUT2D eigenvalue weighted by Crippen LogP contribution is 2.45. The van der Waals surface area contributed by atoms with Crippen LogP contribution in [0.2, 0.25) is 0 Å². The second kappa shape index (κ2) is 13.2. The van der Waals surface area contributed by atoms with E-state index in [4.69, 9.17) is 25.6 Å². The number of aromatic nitrogens is 3. The van der Waals surface area contributed by atoms with Crippen molar-refractivity contribution in [1.82, 2.24) is 30.1 Å². The van der Waals surface area contributed by atoms with Gasteiger partial charge in [0.05, 0.1) is 18.2 Å². The fraction of sp³-hybridized carbons (Fsp3) is 0.474. The van der Waals surface area contributed by atoms with Crippen LogP contribution in [0.5, 0.6) is 17.6 Å². The topological polar surface area (TPSA) is 125 Å². The van der Waals surface area contributed by atoms with E-state index in [-0.39, 0.29) is 93.7 Å². The molecule has 2 aromatic carbocycles. The van der Waals surface area contributed by atoms with E-state index in [9.17, 15) is 9.90 Å². The van der Waals surface area contributed by atoms with E-state index < -0.39 is 11.6 Å². The van der Waals surface area contributed by atoms with Crippen LogP contribution in [-0.2, 0) is 4.74 Å². The lowest BCUT2D eigenvalue weighted by Crippen LogP contribution is -2.51. The Morgan fingerprint density at radius 2 is 1.90 bits per heavy atom. The molecule has 6 heterocycles. The average molecular weight is 714 g/mol. The molecule has 12 nitrogen and oxygen atoms in total. The van der Waals surface area contributed by atoms with Gasteiger partial charge < -0.3 is 34.4 Å². The van der Waals surface area contributed by atoms with E-state index in [2.05, 4.69) is 31.0 Å². The first kappa shape index (κ1) is 34.1. The zero-order chi connectivity index (χ0) is 36.3. The van der Waals surface area contributed by atoms with Crippen molar-refractivity contribution >= 4 is 33.6 Å². The predicted molar refractivity (Wildman–Crippen MR) is 191 cm³/mol. The number of nitrogens with zero attached hydrogens (tertiary/aromatic N) is 6. The molecule has 4 aliphatic heterocycles. The second-order valence-corrected chi connectivity index (χ2v) is 14.5. The molecule has 272 valence electrons. The first-order valence-corrected chi connectivity index (χ1v) is 17.7. The molecule has 8 rings (SSSR count). The van der Waals surface area contributed by atoms with Crippen molar-refractivity contribution in [2.75, 3.05) is 59.0 Å². The van der Waals surface area contributed by atoms with E-state index in [1.165, 1.54) is 36.3 Å². The number of carbonyl (C=O) groups is 1. The molecule has 2 N–H and O–H groups in total. The van der Waals surface area contributed by atoms with Crippen molar-refractivity contribution in [1.29, 1.82) is 0 Å². The van der Waals surface area contributed by atoms with Gasteiger partial charge in [-0.2, -0.15) is 9.97 Å².